The van der Waals surface area contributed by atoms with Crippen LogP contribution in [-0.4, -0.2) is 20.2 Å². The summed E-state index contributed by atoms with van der Waals surface area (Å²) < 4.78 is 5.43. The van der Waals surface area contributed by atoms with Crippen LogP contribution in [0.1, 0.15) is 11.3 Å². The number of nitrogens with one attached hydrogen (secondary N) is 1. The zero-order chi connectivity index (χ0) is 18.5. The fraction of sp³-hybridized carbons (Fsp3) is 0.0588. The molecule has 0 unspecified atom stereocenters. The van der Waals surface area contributed by atoms with E-state index in [1.165, 1.54) is 35.0 Å². The number of furan rings is 1. The monoisotopic (exact) mass is 387 g/mol. The van der Waals surface area contributed by atoms with Crippen LogP contribution in [0, 0.1) is 10.1 Å². The highest BCUT2D eigenvalue weighted by molar-refractivity contribution is 8.26. The average Bonchev–Trinajstić information content (AvgIpc) is 3.20. The van der Waals surface area contributed by atoms with Crippen LogP contribution in [0.2, 0.25) is 0 Å². The van der Waals surface area contributed by atoms with Gasteiger partial charge in [0.15, 0.2) is 4.32 Å². The molecule has 1 aliphatic heterocycles. The first-order chi connectivity index (χ1) is 12.5. The van der Waals surface area contributed by atoms with Gasteiger partial charge in [0, 0.05) is 6.54 Å². The summed E-state index contributed by atoms with van der Waals surface area (Å²) in [6.07, 6.45) is 4.72. The highest BCUT2D eigenvalue weighted by Gasteiger charge is 2.31. The molecule has 7 nitrogen and oxygen atoms in total. The van der Waals surface area contributed by atoms with Crippen LogP contribution in [0.15, 0.2) is 63.9 Å². The predicted molar refractivity (Wildman–Crippen MR) is 103 cm³/mol. The van der Waals surface area contributed by atoms with Crippen molar-refractivity contribution in [3.63, 3.8) is 0 Å². The van der Waals surface area contributed by atoms with Crippen LogP contribution in [0.5, 0.6) is 0 Å². The molecular weight excluding hydrogens is 374 g/mol. The molecule has 1 N–H and O–H groups in total. The van der Waals surface area contributed by atoms with Crippen molar-refractivity contribution in [3.05, 3.63) is 81.0 Å². The van der Waals surface area contributed by atoms with E-state index in [-0.39, 0.29) is 11.8 Å². The lowest BCUT2D eigenvalue weighted by molar-refractivity contribution is -0.402. The van der Waals surface area contributed by atoms with Crippen LogP contribution in [-0.2, 0) is 11.3 Å². The zero-order valence-electron chi connectivity index (χ0n) is 13.3. The summed E-state index contributed by atoms with van der Waals surface area (Å²) in [4.78, 5) is 22.8. The summed E-state index contributed by atoms with van der Waals surface area (Å²) in [6.45, 7) is 0.479. The van der Waals surface area contributed by atoms with Crippen molar-refractivity contribution in [2.45, 2.75) is 6.54 Å². The van der Waals surface area contributed by atoms with Crippen molar-refractivity contribution in [3.8, 4) is 0 Å². The van der Waals surface area contributed by atoms with Gasteiger partial charge < -0.3 is 4.42 Å². The quantitative estimate of drug-likeness (QED) is 0.350. The SMILES string of the molecule is O=C1/C(=C\C=C\c2ccc([N+](=O)[O-])o2)SC(=S)N1NCc1ccccc1. The number of thiocarbonyl (C=S) groups is 1. The Labute approximate surface area is 158 Å². The highest BCUT2D eigenvalue weighted by Crippen LogP contribution is 2.30. The number of carbonyl (C=O) groups is 1. The number of allylic oxidation sites excluding steroid dienone is 2. The summed E-state index contributed by atoms with van der Waals surface area (Å²) in [5.74, 6) is -0.252. The van der Waals surface area contributed by atoms with Crippen LogP contribution in [0.25, 0.3) is 6.08 Å². The summed E-state index contributed by atoms with van der Waals surface area (Å²) >= 11 is 6.41. The van der Waals surface area contributed by atoms with Gasteiger partial charge in [-0.3, -0.25) is 14.9 Å². The van der Waals surface area contributed by atoms with E-state index < -0.39 is 4.92 Å². The molecule has 26 heavy (non-hydrogen) atoms. The van der Waals surface area contributed by atoms with Gasteiger partial charge in [-0.2, -0.15) is 0 Å². The third-order valence-corrected chi connectivity index (χ3v) is 4.70. The number of thioether (sulfide) groups is 1. The molecule has 0 bridgehead atoms. The second-order valence-electron chi connectivity index (χ2n) is 5.15. The lowest BCUT2D eigenvalue weighted by Crippen LogP contribution is -2.40. The molecule has 0 saturated carbocycles. The lowest BCUT2D eigenvalue weighted by Gasteiger charge is -2.15. The number of hydrogen-bond donors (Lipinski definition) is 1. The summed E-state index contributed by atoms with van der Waals surface area (Å²) in [7, 11) is 0. The van der Waals surface area contributed by atoms with Gasteiger partial charge in [0.05, 0.1) is 11.0 Å². The molecule has 0 atom stereocenters. The Bertz CT molecular complexity index is 906. The second-order valence-corrected chi connectivity index (χ2v) is 6.83. The Morgan fingerprint density at radius 1 is 1.27 bits per heavy atom. The molecule has 9 heteroatoms. The minimum atomic E-state index is -0.610. The first-order valence-corrected chi connectivity index (χ1v) is 8.73. The highest BCUT2D eigenvalue weighted by atomic mass is 32.2. The number of hydrogen-bond acceptors (Lipinski definition) is 7. The molecule has 0 spiro atoms. The maximum Gasteiger partial charge on any atom is 0.433 e. The lowest BCUT2D eigenvalue weighted by atomic mass is 10.2. The van der Waals surface area contributed by atoms with E-state index in [2.05, 4.69) is 5.43 Å². The van der Waals surface area contributed by atoms with Gasteiger partial charge in [0.25, 0.3) is 5.91 Å². The zero-order valence-corrected chi connectivity index (χ0v) is 15.0. The van der Waals surface area contributed by atoms with Gasteiger partial charge in [-0.05, 0) is 23.8 Å². The number of hydrazine groups is 1. The van der Waals surface area contributed by atoms with E-state index in [9.17, 15) is 14.9 Å². The third-order valence-electron chi connectivity index (χ3n) is 3.38. The second kappa shape index (κ2) is 8.09. The van der Waals surface area contributed by atoms with Crippen molar-refractivity contribution in [1.29, 1.82) is 0 Å². The number of nitrogens with zero attached hydrogens (tertiary/aromatic N) is 2. The molecule has 1 aromatic heterocycles. The van der Waals surface area contributed by atoms with Crippen molar-refractivity contribution >= 4 is 46.2 Å². The van der Waals surface area contributed by atoms with E-state index in [0.717, 1.165) is 5.56 Å². The van der Waals surface area contributed by atoms with E-state index in [1.54, 1.807) is 12.2 Å². The fourth-order valence-corrected chi connectivity index (χ4v) is 3.31. The Hall–Kier alpha value is -2.75. The smallest absolute Gasteiger partial charge is 0.401 e. The number of nitro groups is 1. The molecule has 1 saturated heterocycles. The van der Waals surface area contributed by atoms with Gasteiger partial charge in [-0.25, -0.2) is 10.4 Å². The number of carbonyl (C=O) groups excluding carboxylic acids is 1. The Kier molecular flexibility index (Phi) is 5.61. The van der Waals surface area contributed by atoms with Gasteiger partial charge >= 0.3 is 5.88 Å². The van der Waals surface area contributed by atoms with E-state index in [4.69, 9.17) is 16.6 Å². The average molecular weight is 387 g/mol. The molecule has 1 aromatic carbocycles. The predicted octanol–water partition coefficient (Wildman–Crippen LogP) is 3.65. The van der Waals surface area contributed by atoms with E-state index in [1.807, 2.05) is 30.3 Å². The van der Waals surface area contributed by atoms with Crippen molar-refractivity contribution in [2.24, 2.45) is 0 Å². The molecule has 2 aromatic rings. The van der Waals surface area contributed by atoms with Gasteiger partial charge in [-0.15, -0.1) is 0 Å². The molecule has 0 aliphatic carbocycles. The van der Waals surface area contributed by atoms with E-state index >= 15 is 0 Å². The van der Waals surface area contributed by atoms with Crippen LogP contribution in [0.4, 0.5) is 5.88 Å². The Balaban J connectivity index is 1.62. The molecule has 0 radical (unpaired) electrons. The van der Waals surface area contributed by atoms with Crippen LogP contribution >= 0.6 is 24.0 Å². The molecule has 2 heterocycles. The van der Waals surface area contributed by atoms with Crippen molar-refractivity contribution in [1.82, 2.24) is 10.4 Å². The Morgan fingerprint density at radius 2 is 2.04 bits per heavy atom. The number of benzene rings is 1. The maximum absolute atomic E-state index is 12.4. The summed E-state index contributed by atoms with van der Waals surface area (Å²) in [6, 6.07) is 12.4. The molecular formula is C17H13N3O4S2. The van der Waals surface area contributed by atoms with Crippen LogP contribution in [0.3, 0.4) is 0 Å². The fourth-order valence-electron chi connectivity index (χ4n) is 2.14. The van der Waals surface area contributed by atoms with Crippen molar-refractivity contribution < 1.29 is 14.1 Å². The normalized spacial score (nSPS) is 16.2. The molecule has 1 fully saturated rings. The minimum Gasteiger partial charge on any atom is -0.401 e. The Morgan fingerprint density at radius 3 is 2.73 bits per heavy atom. The van der Waals surface area contributed by atoms with Crippen LogP contribution < -0.4 is 5.43 Å². The first-order valence-electron chi connectivity index (χ1n) is 7.51. The van der Waals surface area contributed by atoms with Gasteiger partial charge in [0.2, 0.25) is 0 Å². The third kappa shape index (κ3) is 4.26. The standard InChI is InChI=1S/C17H13N3O4S2/c21-16-14(8-4-7-13-9-10-15(24-13)20(22)23)26-17(25)19(16)18-11-12-5-2-1-3-6-12/h1-10,18H,11H2/b7-4+,14-8+. The largest absolute Gasteiger partial charge is 0.433 e. The molecule has 1 aliphatic rings. The van der Waals surface area contributed by atoms with Gasteiger partial charge in [0.1, 0.15) is 10.7 Å². The van der Waals surface area contributed by atoms with E-state index in [0.29, 0.717) is 21.5 Å². The number of amides is 1. The molecule has 3 rings (SSSR count). The van der Waals surface area contributed by atoms with Crippen molar-refractivity contribution in [2.75, 3.05) is 0 Å². The maximum atomic E-state index is 12.4. The molecule has 132 valence electrons. The summed E-state index contributed by atoms with van der Waals surface area (Å²) in [5, 5.41) is 11.9. The number of rotatable bonds is 6. The minimum absolute atomic E-state index is 0.244. The topological polar surface area (TPSA) is 88.6 Å². The van der Waals surface area contributed by atoms with Gasteiger partial charge in [-0.1, -0.05) is 60.4 Å². The summed E-state index contributed by atoms with van der Waals surface area (Å²) in [5.41, 5.74) is 4.05. The molecule has 1 amide bonds. The first kappa shape index (κ1) is 18.1.